The van der Waals surface area contributed by atoms with E-state index in [2.05, 4.69) is 5.32 Å². The van der Waals surface area contributed by atoms with Gasteiger partial charge in [-0.2, -0.15) is 0 Å². The quantitative estimate of drug-likeness (QED) is 0.802. The van der Waals surface area contributed by atoms with Crippen molar-refractivity contribution in [3.05, 3.63) is 22.4 Å². The molecule has 1 amide bonds. The van der Waals surface area contributed by atoms with Crippen LogP contribution in [0.25, 0.3) is 0 Å². The van der Waals surface area contributed by atoms with E-state index in [1.54, 1.807) is 26.8 Å². The summed E-state index contributed by atoms with van der Waals surface area (Å²) < 4.78 is 0. The Hall–Kier alpha value is -0.870. The summed E-state index contributed by atoms with van der Waals surface area (Å²) in [6, 6.07) is 3.59. The summed E-state index contributed by atoms with van der Waals surface area (Å²) in [5.41, 5.74) is -0.596. The van der Waals surface area contributed by atoms with Crippen molar-refractivity contribution < 1.29 is 9.90 Å². The Morgan fingerprint density at radius 1 is 1.64 bits per heavy atom. The molecular weight excluding hydrogens is 198 g/mol. The summed E-state index contributed by atoms with van der Waals surface area (Å²) in [5, 5.41) is 14.0. The van der Waals surface area contributed by atoms with Gasteiger partial charge in [0.15, 0.2) is 0 Å². The Morgan fingerprint density at radius 2 is 2.29 bits per heavy atom. The molecule has 1 rings (SSSR count). The van der Waals surface area contributed by atoms with Crippen molar-refractivity contribution in [3.63, 3.8) is 0 Å². The van der Waals surface area contributed by atoms with Gasteiger partial charge in [0, 0.05) is 0 Å². The van der Waals surface area contributed by atoms with E-state index in [0.29, 0.717) is 4.88 Å². The Labute approximate surface area is 87.8 Å². The van der Waals surface area contributed by atoms with Crippen LogP contribution in [0.3, 0.4) is 0 Å². The fraction of sp³-hybridized carbons (Fsp3) is 0.500. The number of carbonyl (C=O) groups excluding carboxylic acids is 1. The van der Waals surface area contributed by atoms with Crippen molar-refractivity contribution >= 4 is 17.2 Å². The molecule has 1 aromatic heterocycles. The molecule has 0 radical (unpaired) electrons. The lowest BCUT2D eigenvalue weighted by atomic mass is 9.99. The summed E-state index contributed by atoms with van der Waals surface area (Å²) in [5.74, 6) is -0.133. The first-order valence-electron chi connectivity index (χ1n) is 4.47. The maximum absolute atomic E-state index is 11.6. The second-order valence-electron chi connectivity index (χ2n) is 3.83. The molecule has 0 saturated carbocycles. The third-order valence-corrected chi connectivity index (χ3v) is 3.09. The number of aliphatic hydroxyl groups excluding tert-OH is 1. The number of nitrogens with one attached hydrogen (secondary N) is 1. The Kier molecular flexibility index (Phi) is 3.29. The van der Waals surface area contributed by atoms with E-state index in [1.165, 1.54) is 11.3 Å². The van der Waals surface area contributed by atoms with Gasteiger partial charge in [-0.3, -0.25) is 4.79 Å². The van der Waals surface area contributed by atoms with E-state index in [-0.39, 0.29) is 5.91 Å². The van der Waals surface area contributed by atoms with E-state index < -0.39 is 11.6 Å². The molecule has 0 fully saturated rings. The summed E-state index contributed by atoms with van der Waals surface area (Å²) >= 11 is 1.39. The zero-order valence-electron chi connectivity index (χ0n) is 8.57. The minimum Gasteiger partial charge on any atom is -0.391 e. The molecule has 0 bridgehead atoms. The summed E-state index contributed by atoms with van der Waals surface area (Å²) in [6.07, 6.45) is -0.577. The molecule has 14 heavy (non-hydrogen) atoms. The monoisotopic (exact) mass is 213 g/mol. The van der Waals surface area contributed by atoms with Crippen molar-refractivity contribution in [1.82, 2.24) is 5.32 Å². The zero-order valence-corrected chi connectivity index (χ0v) is 9.39. The Morgan fingerprint density at radius 3 is 2.71 bits per heavy atom. The summed E-state index contributed by atoms with van der Waals surface area (Å²) in [7, 11) is 0. The molecule has 0 aliphatic heterocycles. The van der Waals surface area contributed by atoms with E-state index in [0.717, 1.165) is 0 Å². The third-order valence-electron chi connectivity index (χ3n) is 2.23. The normalized spacial score (nSPS) is 13.7. The molecule has 0 aromatic carbocycles. The molecule has 1 atom stereocenters. The molecule has 0 saturated heterocycles. The van der Waals surface area contributed by atoms with Crippen LogP contribution in [0.2, 0.25) is 0 Å². The topological polar surface area (TPSA) is 49.3 Å². The van der Waals surface area contributed by atoms with Gasteiger partial charge in [-0.1, -0.05) is 6.07 Å². The number of hydrogen-bond donors (Lipinski definition) is 2. The largest absolute Gasteiger partial charge is 0.391 e. The number of rotatable bonds is 3. The maximum atomic E-state index is 11.6. The van der Waals surface area contributed by atoms with Crippen LogP contribution in [0, 0.1) is 0 Å². The second kappa shape index (κ2) is 4.11. The molecule has 4 heteroatoms. The molecule has 1 heterocycles. The first kappa shape index (κ1) is 11.2. The van der Waals surface area contributed by atoms with Crippen LogP contribution < -0.4 is 5.32 Å². The maximum Gasteiger partial charge on any atom is 0.261 e. The van der Waals surface area contributed by atoms with Crippen molar-refractivity contribution in [1.29, 1.82) is 0 Å². The summed E-state index contributed by atoms with van der Waals surface area (Å²) in [4.78, 5) is 12.3. The molecule has 78 valence electrons. The number of aliphatic hydroxyl groups is 1. The molecule has 2 N–H and O–H groups in total. The summed E-state index contributed by atoms with van der Waals surface area (Å²) in [6.45, 7) is 5.25. The highest BCUT2D eigenvalue weighted by Crippen LogP contribution is 2.13. The molecule has 0 aliphatic carbocycles. The molecular formula is C10H15NO2S. The van der Waals surface area contributed by atoms with E-state index in [9.17, 15) is 9.90 Å². The van der Waals surface area contributed by atoms with Gasteiger partial charge in [0.25, 0.3) is 5.91 Å². The van der Waals surface area contributed by atoms with Crippen molar-refractivity contribution in [3.8, 4) is 0 Å². The smallest absolute Gasteiger partial charge is 0.261 e. The van der Waals surface area contributed by atoms with Crippen molar-refractivity contribution in [2.75, 3.05) is 0 Å². The molecule has 3 nitrogen and oxygen atoms in total. The lowest BCUT2D eigenvalue weighted by molar-refractivity contribution is 0.0712. The average molecular weight is 213 g/mol. The average Bonchev–Trinajstić information content (AvgIpc) is 2.54. The molecule has 0 aliphatic rings. The fourth-order valence-corrected chi connectivity index (χ4v) is 1.49. The molecule has 0 spiro atoms. The standard InChI is InChI=1S/C10H15NO2S/c1-7(12)10(2,3)11-9(13)8-5-4-6-14-8/h4-7,12H,1-3H3,(H,11,13). The predicted molar refractivity (Wildman–Crippen MR) is 57.5 cm³/mol. The van der Waals surface area contributed by atoms with Crippen LogP contribution in [0.4, 0.5) is 0 Å². The van der Waals surface area contributed by atoms with Gasteiger partial charge in [0.1, 0.15) is 0 Å². The molecule has 1 aromatic rings. The number of amides is 1. The zero-order chi connectivity index (χ0) is 10.8. The molecule has 1 unspecified atom stereocenters. The number of thiophene rings is 1. The fourth-order valence-electron chi connectivity index (χ4n) is 0.866. The van der Waals surface area contributed by atoms with Crippen molar-refractivity contribution in [2.24, 2.45) is 0 Å². The highest BCUT2D eigenvalue weighted by molar-refractivity contribution is 7.12. The van der Waals surface area contributed by atoms with Gasteiger partial charge in [0.05, 0.1) is 16.5 Å². The van der Waals surface area contributed by atoms with Crippen LogP contribution >= 0.6 is 11.3 Å². The van der Waals surface area contributed by atoms with Gasteiger partial charge in [0.2, 0.25) is 0 Å². The van der Waals surface area contributed by atoms with E-state index in [4.69, 9.17) is 0 Å². The number of carbonyl (C=O) groups is 1. The van der Waals surface area contributed by atoms with Gasteiger partial charge >= 0.3 is 0 Å². The van der Waals surface area contributed by atoms with Crippen LogP contribution in [-0.2, 0) is 0 Å². The van der Waals surface area contributed by atoms with Crippen LogP contribution in [0.5, 0.6) is 0 Å². The SMILES string of the molecule is CC(O)C(C)(C)NC(=O)c1cccs1. The minimum absolute atomic E-state index is 0.133. The van der Waals surface area contributed by atoms with Crippen LogP contribution in [0.1, 0.15) is 30.4 Å². The van der Waals surface area contributed by atoms with E-state index in [1.807, 2.05) is 11.4 Å². The third kappa shape index (κ3) is 2.56. The van der Waals surface area contributed by atoms with Gasteiger partial charge in [-0.15, -0.1) is 11.3 Å². The Balaban J connectivity index is 2.66. The minimum atomic E-state index is -0.596. The first-order valence-corrected chi connectivity index (χ1v) is 5.35. The first-order chi connectivity index (χ1) is 6.43. The van der Waals surface area contributed by atoms with Crippen LogP contribution in [0.15, 0.2) is 17.5 Å². The van der Waals surface area contributed by atoms with Crippen LogP contribution in [-0.4, -0.2) is 22.7 Å². The van der Waals surface area contributed by atoms with Crippen molar-refractivity contribution in [2.45, 2.75) is 32.4 Å². The Bertz CT molecular complexity index is 304. The number of hydrogen-bond acceptors (Lipinski definition) is 3. The lowest BCUT2D eigenvalue weighted by Gasteiger charge is -2.28. The van der Waals surface area contributed by atoms with Gasteiger partial charge < -0.3 is 10.4 Å². The van der Waals surface area contributed by atoms with Gasteiger partial charge in [-0.05, 0) is 32.2 Å². The lowest BCUT2D eigenvalue weighted by Crippen LogP contribution is -2.50. The van der Waals surface area contributed by atoms with Gasteiger partial charge in [-0.25, -0.2) is 0 Å². The highest BCUT2D eigenvalue weighted by Gasteiger charge is 2.26. The highest BCUT2D eigenvalue weighted by atomic mass is 32.1. The second-order valence-corrected chi connectivity index (χ2v) is 4.78. The predicted octanol–water partition coefficient (Wildman–Crippen LogP) is 1.64. The van der Waals surface area contributed by atoms with E-state index >= 15 is 0 Å².